The summed E-state index contributed by atoms with van der Waals surface area (Å²) in [6, 6.07) is 0. The maximum Gasteiger partial charge on any atom is 0.0951 e. The van der Waals surface area contributed by atoms with E-state index in [1.807, 2.05) is 19.9 Å². The Morgan fingerprint density at radius 2 is 1.92 bits per heavy atom. The van der Waals surface area contributed by atoms with E-state index in [0.29, 0.717) is 17.6 Å². The Morgan fingerprint density at radius 3 is 2.17 bits per heavy atom. The van der Waals surface area contributed by atoms with Gasteiger partial charge >= 0.3 is 0 Å². The number of aliphatic hydroxyl groups is 1. The minimum Gasteiger partial charge on any atom is -0.512 e. The predicted octanol–water partition coefficient (Wildman–Crippen LogP) is 3.30. The Hall–Kier alpha value is -0.720. The average Bonchev–Trinajstić information content (AvgIpc) is 2.50. The summed E-state index contributed by atoms with van der Waals surface area (Å²) in [7, 11) is 0. The smallest absolute Gasteiger partial charge is 0.0951 e. The molecular weight excluding hydrogens is 148 g/mol. The van der Waals surface area contributed by atoms with Crippen molar-refractivity contribution in [1.29, 1.82) is 0 Å². The molecule has 0 aromatic heterocycles. The fourth-order valence-electron chi connectivity index (χ4n) is 1.95. The summed E-state index contributed by atoms with van der Waals surface area (Å²) in [6.45, 7) is 12.0. The van der Waals surface area contributed by atoms with Crippen LogP contribution in [-0.2, 0) is 0 Å². The van der Waals surface area contributed by atoms with Gasteiger partial charge in [0.15, 0.2) is 0 Å². The first kappa shape index (κ1) is 9.37. The summed E-state index contributed by atoms with van der Waals surface area (Å²) in [5.41, 5.74) is 1.24. The van der Waals surface area contributed by atoms with Crippen molar-refractivity contribution in [2.45, 2.75) is 27.7 Å². The Morgan fingerprint density at radius 1 is 1.42 bits per heavy atom. The third-order valence-corrected chi connectivity index (χ3v) is 2.97. The third-order valence-electron chi connectivity index (χ3n) is 2.97. The molecule has 0 aromatic rings. The molecule has 0 bridgehead atoms. The summed E-state index contributed by atoms with van der Waals surface area (Å²) in [5, 5.41) is 9.74. The van der Waals surface area contributed by atoms with Gasteiger partial charge < -0.3 is 5.11 Å². The highest BCUT2D eigenvalue weighted by Crippen LogP contribution is 2.61. The van der Waals surface area contributed by atoms with Crippen LogP contribution in [0.1, 0.15) is 27.7 Å². The minimum absolute atomic E-state index is 0.211. The number of hydrogen-bond acceptors (Lipinski definition) is 1. The quantitative estimate of drug-likeness (QED) is 0.493. The number of hydrogen-bond donors (Lipinski definition) is 1. The summed E-state index contributed by atoms with van der Waals surface area (Å²) in [4.78, 5) is 0. The second kappa shape index (κ2) is 2.65. The van der Waals surface area contributed by atoms with Gasteiger partial charge in [0.1, 0.15) is 0 Å². The molecule has 0 unspecified atom stereocenters. The molecule has 0 amide bonds. The van der Waals surface area contributed by atoms with E-state index in [-0.39, 0.29) is 5.41 Å². The number of allylic oxidation sites excluding steroid dienone is 3. The molecule has 0 aromatic carbocycles. The van der Waals surface area contributed by atoms with E-state index < -0.39 is 0 Å². The summed E-state index contributed by atoms with van der Waals surface area (Å²) in [5.74, 6) is 1.32. The van der Waals surface area contributed by atoms with Crippen molar-refractivity contribution in [3.8, 4) is 0 Å². The van der Waals surface area contributed by atoms with Crippen molar-refractivity contribution >= 4 is 0 Å². The maximum absolute atomic E-state index is 9.74. The van der Waals surface area contributed by atoms with E-state index in [1.165, 1.54) is 0 Å². The molecule has 1 saturated carbocycles. The molecule has 2 atom stereocenters. The molecule has 12 heavy (non-hydrogen) atoms. The maximum atomic E-state index is 9.74. The lowest BCUT2D eigenvalue weighted by molar-refractivity contribution is 0.350. The largest absolute Gasteiger partial charge is 0.512 e. The highest BCUT2D eigenvalue weighted by molar-refractivity contribution is 5.25. The van der Waals surface area contributed by atoms with Crippen molar-refractivity contribution in [2.24, 2.45) is 17.3 Å². The monoisotopic (exact) mass is 166 g/mol. The van der Waals surface area contributed by atoms with Crippen molar-refractivity contribution in [3.63, 3.8) is 0 Å². The molecule has 1 nitrogen and oxygen atoms in total. The highest BCUT2D eigenvalue weighted by Gasteiger charge is 2.58. The summed E-state index contributed by atoms with van der Waals surface area (Å²) in [6.07, 6.45) is 1.95. The minimum atomic E-state index is 0.211. The third kappa shape index (κ3) is 1.17. The lowest BCUT2D eigenvalue weighted by Gasteiger charge is -2.03. The zero-order chi connectivity index (χ0) is 9.52. The van der Waals surface area contributed by atoms with Crippen LogP contribution in [0.2, 0.25) is 0 Å². The Labute approximate surface area is 74.8 Å². The van der Waals surface area contributed by atoms with Gasteiger partial charge in [0.2, 0.25) is 0 Å². The van der Waals surface area contributed by atoms with Crippen molar-refractivity contribution < 1.29 is 5.11 Å². The molecule has 1 aliphatic carbocycles. The first-order valence-corrected chi connectivity index (χ1v) is 4.41. The molecule has 1 heteroatoms. The fraction of sp³-hybridized carbons (Fsp3) is 0.636. The molecule has 1 fully saturated rings. The van der Waals surface area contributed by atoms with E-state index in [2.05, 4.69) is 20.4 Å². The van der Waals surface area contributed by atoms with Crippen LogP contribution in [0.3, 0.4) is 0 Å². The average molecular weight is 166 g/mol. The van der Waals surface area contributed by atoms with Gasteiger partial charge in [0, 0.05) is 5.92 Å². The van der Waals surface area contributed by atoms with Gasteiger partial charge in [-0.25, -0.2) is 0 Å². The standard InChI is InChI=1S/C11H18O/c1-6-8-9(11(8,4)5)10(12)7(2)3/h6,8-9,12H,1H2,2-5H3/t8-,9+/m0/s1. The van der Waals surface area contributed by atoms with Crippen LogP contribution in [-0.4, -0.2) is 5.11 Å². The molecule has 1 rings (SSSR count). The van der Waals surface area contributed by atoms with Gasteiger partial charge in [0.25, 0.3) is 0 Å². The lowest BCUT2D eigenvalue weighted by Crippen LogP contribution is -1.95. The van der Waals surface area contributed by atoms with Crippen LogP contribution in [0.25, 0.3) is 0 Å². The van der Waals surface area contributed by atoms with Crippen molar-refractivity contribution in [2.75, 3.05) is 0 Å². The SMILES string of the molecule is C=C[C@H]1[C@H](C(O)=C(C)C)C1(C)C. The molecule has 1 N–H and O–H groups in total. The first-order chi connectivity index (χ1) is 5.42. The highest BCUT2D eigenvalue weighted by atomic mass is 16.3. The van der Waals surface area contributed by atoms with Crippen molar-refractivity contribution in [1.82, 2.24) is 0 Å². The molecule has 1 aliphatic rings. The van der Waals surface area contributed by atoms with E-state index in [1.54, 1.807) is 0 Å². The second-order valence-corrected chi connectivity index (χ2v) is 4.45. The Balaban J connectivity index is 2.83. The van der Waals surface area contributed by atoms with E-state index in [0.717, 1.165) is 5.57 Å². The van der Waals surface area contributed by atoms with E-state index in [9.17, 15) is 5.11 Å². The van der Waals surface area contributed by atoms with Crippen LogP contribution < -0.4 is 0 Å². The molecule has 68 valence electrons. The van der Waals surface area contributed by atoms with Gasteiger partial charge in [0.05, 0.1) is 5.76 Å². The van der Waals surface area contributed by atoms with E-state index >= 15 is 0 Å². The van der Waals surface area contributed by atoms with Crippen LogP contribution in [0, 0.1) is 17.3 Å². The summed E-state index contributed by atoms with van der Waals surface area (Å²) >= 11 is 0. The predicted molar refractivity (Wildman–Crippen MR) is 52.0 cm³/mol. The number of aliphatic hydroxyl groups excluding tert-OH is 1. The normalized spacial score (nSPS) is 31.0. The first-order valence-electron chi connectivity index (χ1n) is 4.41. The molecule has 0 aliphatic heterocycles. The van der Waals surface area contributed by atoms with Crippen molar-refractivity contribution in [3.05, 3.63) is 24.0 Å². The van der Waals surface area contributed by atoms with Crippen LogP contribution in [0.4, 0.5) is 0 Å². The molecular formula is C11H18O. The second-order valence-electron chi connectivity index (χ2n) is 4.45. The van der Waals surface area contributed by atoms with Gasteiger partial charge in [-0.3, -0.25) is 0 Å². The topological polar surface area (TPSA) is 20.2 Å². The Bertz CT molecular complexity index is 231. The van der Waals surface area contributed by atoms with Crippen LogP contribution in [0.5, 0.6) is 0 Å². The van der Waals surface area contributed by atoms with Gasteiger partial charge in [-0.2, -0.15) is 0 Å². The molecule has 0 radical (unpaired) electrons. The van der Waals surface area contributed by atoms with Gasteiger partial charge in [-0.1, -0.05) is 19.9 Å². The fourth-order valence-corrected chi connectivity index (χ4v) is 1.95. The zero-order valence-electron chi connectivity index (χ0n) is 8.39. The Kier molecular flexibility index (Phi) is 2.07. The van der Waals surface area contributed by atoms with Crippen LogP contribution in [0.15, 0.2) is 24.0 Å². The summed E-state index contributed by atoms with van der Waals surface area (Å²) < 4.78 is 0. The number of rotatable bonds is 2. The van der Waals surface area contributed by atoms with Gasteiger partial charge in [-0.05, 0) is 30.8 Å². The molecule has 0 spiro atoms. The lowest BCUT2D eigenvalue weighted by atomic mass is 10.1. The van der Waals surface area contributed by atoms with E-state index in [4.69, 9.17) is 0 Å². The van der Waals surface area contributed by atoms with Crippen LogP contribution >= 0.6 is 0 Å². The zero-order valence-corrected chi connectivity index (χ0v) is 8.39. The molecule has 0 saturated heterocycles. The van der Waals surface area contributed by atoms with Gasteiger partial charge in [-0.15, -0.1) is 6.58 Å². The molecule has 0 heterocycles.